The van der Waals surface area contributed by atoms with Crippen LogP contribution in [0.15, 0.2) is 4.60 Å². The summed E-state index contributed by atoms with van der Waals surface area (Å²) in [7, 11) is 3.50. The summed E-state index contributed by atoms with van der Waals surface area (Å²) in [5.41, 5.74) is 6.94. The molecule has 0 aliphatic heterocycles. The van der Waals surface area contributed by atoms with Gasteiger partial charge in [0.2, 0.25) is 0 Å². The van der Waals surface area contributed by atoms with Crippen molar-refractivity contribution in [1.82, 2.24) is 24.8 Å². The number of halogens is 1. The summed E-state index contributed by atoms with van der Waals surface area (Å²) in [5.74, 6) is 1.40. The van der Waals surface area contributed by atoms with E-state index in [1.807, 2.05) is 0 Å². The summed E-state index contributed by atoms with van der Waals surface area (Å²) < 4.78 is 2.18. The predicted molar refractivity (Wildman–Crippen MR) is 93.8 cm³/mol. The molecule has 2 aliphatic carbocycles. The molecule has 0 radical (unpaired) electrons. The Morgan fingerprint density at radius 1 is 1.24 bits per heavy atom. The number of aliphatic hydroxyl groups is 1. The number of fused-ring (bicyclic) bond motifs is 1. The Balaban J connectivity index is 1.56. The van der Waals surface area contributed by atoms with Gasteiger partial charge in [-0.1, -0.05) is 0 Å². The lowest BCUT2D eigenvalue weighted by molar-refractivity contribution is 0.0288. The van der Waals surface area contributed by atoms with Gasteiger partial charge in [0.15, 0.2) is 10.9 Å². The van der Waals surface area contributed by atoms with E-state index in [0.717, 1.165) is 24.8 Å². The van der Waals surface area contributed by atoms with Crippen molar-refractivity contribution >= 4 is 28.0 Å². The van der Waals surface area contributed by atoms with Crippen molar-refractivity contribution in [1.29, 1.82) is 0 Å². The maximum Gasteiger partial charge on any atom is 0.155 e. The average molecular weight is 409 g/mol. The summed E-state index contributed by atoms with van der Waals surface area (Å²) >= 11 is 3.40. The van der Waals surface area contributed by atoms with Crippen molar-refractivity contribution in [2.24, 2.45) is 25.9 Å². The van der Waals surface area contributed by atoms with Gasteiger partial charge in [0.05, 0.1) is 11.3 Å². The quantitative estimate of drug-likeness (QED) is 0.744. The Bertz CT molecular complexity index is 830. The second-order valence-electron chi connectivity index (χ2n) is 7.38. The van der Waals surface area contributed by atoms with Crippen LogP contribution in [0.1, 0.15) is 53.3 Å². The van der Waals surface area contributed by atoms with Crippen LogP contribution < -0.4 is 5.73 Å². The second kappa shape index (κ2) is 5.63. The molecule has 2 heterocycles. The lowest BCUT2D eigenvalue weighted by Crippen LogP contribution is -2.24. The van der Waals surface area contributed by atoms with Crippen molar-refractivity contribution in [2.45, 2.75) is 37.2 Å². The summed E-state index contributed by atoms with van der Waals surface area (Å²) in [6.45, 7) is 0. The number of hydrogen-bond acceptors (Lipinski definition) is 6. The molecule has 2 fully saturated rings. The highest BCUT2D eigenvalue weighted by atomic mass is 79.9. The van der Waals surface area contributed by atoms with E-state index in [1.54, 1.807) is 18.8 Å². The van der Waals surface area contributed by atoms with Crippen molar-refractivity contribution in [3.8, 4) is 0 Å². The molecule has 2 aromatic rings. The van der Waals surface area contributed by atoms with Crippen LogP contribution in [0.5, 0.6) is 0 Å². The Morgan fingerprint density at radius 3 is 2.40 bits per heavy atom. The van der Waals surface area contributed by atoms with Gasteiger partial charge in [-0.3, -0.25) is 9.48 Å². The second-order valence-corrected chi connectivity index (χ2v) is 8.13. The minimum Gasteiger partial charge on any atom is -0.383 e. The van der Waals surface area contributed by atoms with E-state index in [9.17, 15) is 9.90 Å². The standard InChI is InChI=1S/C16H21BrN6O2/c1-22-15(18)11(7-24)12(19-22)8-3-9-5-16(25,6-10(9)4-8)13-14(17)21-23(2)20-13/h7-10,25H,3-6,18H2,1-2H3. The Morgan fingerprint density at radius 2 is 1.88 bits per heavy atom. The Hall–Kier alpha value is -1.74. The number of aldehydes is 1. The van der Waals surface area contributed by atoms with Crippen LogP contribution in [-0.2, 0) is 19.7 Å². The van der Waals surface area contributed by atoms with E-state index >= 15 is 0 Å². The molecule has 2 saturated carbocycles. The number of nitrogens with zero attached hydrogens (tertiary/aromatic N) is 5. The van der Waals surface area contributed by atoms with Gasteiger partial charge in [-0.2, -0.15) is 15.0 Å². The summed E-state index contributed by atoms with van der Waals surface area (Å²) in [6, 6.07) is 0. The number of aromatic nitrogens is 5. The number of hydrogen-bond donors (Lipinski definition) is 2. The maximum absolute atomic E-state index is 11.4. The molecule has 3 N–H and O–H groups in total. The third-order valence-electron chi connectivity index (χ3n) is 5.82. The van der Waals surface area contributed by atoms with E-state index in [1.165, 1.54) is 4.80 Å². The predicted octanol–water partition coefficient (Wildman–Crippen LogP) is 1.50. The zero-order valence-corrected chi connectivity index (χ0v) is 15.8. The Kier molecular flexibility index (Phi) is 3.77. The van der Waals surface area contributed by atoms with Gasteiger partial charge in [-0.05, 0) is 53.4 Å². The van der Waals surface area contributed by atoms with Crippen molar-refractivity contribution in [3.63, 3.8) is 0 Å². The molecule has 2 unspecified atom stereocenters. The van der Waals surface area contributed by atoms with Gasteiger partial charge in [0.25, 0.3) is 0 Å². The fourth-order valence-electron chi connectivity index (χ4n) is 4.74. The normalized spacial score (nSPS) is 31.4. The topological polar surface area (TPSA) is 112 Å². The average Bonchev–Trinajstić information content (AvgIpc) is 3.23. The highest BCUT2D eigenvalue weighted by Crippen LogP contribution is 2.57. The first kappa shape index (κ1) is 16.7. The number of nitrogens with two attached hydrogens (primary N) is 1. The first-order valence-corrected chi connectivity index (χ1v) is 9.19. The third-order valence-corrected chi connectivity index (χ3v) is 6.35. The summed E-state index contributed by atoms with van der Waals surface area (Å²) in [4.78, 5) is 12.9. The summed E-state index contributed by atoms with van der Waals surface area (Å²) in [5, 5.41) is 24.1. The minimum atomic E-state index is -0.940. The lowest BCUT2D eigenvalue weighted by atomic mass is 9.90. The van der Waals surface area contributed by atoms with Crippen molar-refractivity contribution in [3.05, 3.63) is 21.6 Å². The van der Waals surface area contributed by atoms with Crippen molar-refractivity contribution < 1.29 is 9.90 Å². The van der Waals surface area contributed by atoms with Crippen LogP contribution in [-0.4, -0.2) is 36.2 Å². The number of carbonyl (C=O) groups excluding carboxylic acids is 1. The van der Waals surface area contributed by atoms with Crippen molar-refractivity contribution in [2.75, 3.05) is 5.73 Å². The molecule has 0 aromatic carbocycles. The van der Waals surface area contributed by atoms with Crippen LogP contribution >= 0.6 is 15.9 Å². The van der Waals surface area contributed by atoms with Gasteiger partial charge in [-0.15, -0.1) is 5.10 Å². The molecule has 0 amide bonds. The summed E-state index contributed by atoms with van der Waals surface area (Å²) in [6.07, 6.45) is 3.93. The fraction of sp³-hybridized carbons (Fsp3) is 0.625. The molecule has 4 rings (SSSR count). The van der Waals surface area contributed by atoms with Gasteiger partial charge in [-0.25, -0.2) is 0 Å². The molecule has 0 saturated heterocycles. The molecular formula is C16H21BrN6O2. The van der Waals surface area contributed by atoms with Crippen LogP contribution in [0, 0.1) is 11.8 Å². The smallest absolute Gasteiger partial charge is 0.155 e. The SMILES string of the molecule is Cn1nc(Br)c(C2(O)CC3CC(c4nn(C)c(N)c4C=O)CC3C2)n1. The molecule has 2 aliphatic rings. The van der Waals surface area contributed by atoms with E-state index in [2.05, 4.69) is 31.2 Å². The Labute approximate surface area is 153 Å². The molecule has 134 valence electrons. The number of aryl methyl sites for hydroxylation is 2. The first-order chi connectivity index (χ1) is 11.8. The third kappa shape index (κ3) is 2.52. The van der Waals surface area contributed by atoms with Crippen LogP contribution in [0.3, 0.4) is 0 Å². The lowest BCUT2D eigenvalue weighted by Gasteiger charge is -2.22. The van der Waals surface area contributed by atoms with Crippen LogP contribution in [0.2, 0.25) is 0 Å². The van der Waals surface area contributed by atoms with E-state index in [0.29, 0.717) is 46.4 Å². The van der Waals surface area contributed by atoms with E-state index < -0.39 is 5.60 Å². The molecule has 2 aromatic heterocycles. The molecule has 9 heteroatoms. The zero-order valence-electron chi connectivity index (χ0n) is 14.2. The van der Waals surface area contributed by atoms with Crippen LogP contribution in [0.25, 0.3) is 0 Å². The zero-order chi connectivity index (χ0) is 17.9. The van der Waals surface area contributed by atoms with Gasteiger partial charge < -0.3 is 10.8 Å². The largest absolute Gasteiger partial charge is 0.383 e. The molecule has 25 heavy (non-hydrogen) atoms. The highest BCUT2D eigenvalue weighted by Gasteiger charge is 2.52. The van der Waals surface area contributed by atoms with Gasteiger partial charge >= 0.3 is 0 Å². The maximum atomic E-state index is 11.4. The molecule has 0 spiro atoms. The van der Waals surface area contributed by atoms with Crippen LogP contribution in [0.4, 0.5) is 5.82 Å². The van der Waals surface area contributed by atoms with Gasteiger partial charge in [0.1, 0.15) is 17.1 Å². The minimum absolute atomic E-state index is 0.216. The number of carbonyl (C=O) groups is 1. The first-order valence-electron chi connectivity index (χ1n) is 8.39. The van der Waals surface area contributed by atoms with Gasteiger partial charge in [0, 0.05) is 20.0 Å². The van der Waals surface area contributed by atoms with E-state index in [4.69, 9.17) is 5.73 Å². The molecule has 0 bridgehead atoms. The molecular weight excluding hydrogens is 388 g/mol. The molecule has 2 atom stereocenters. The number of rotatable bonds is 3. The number of anilines is 1. The number of nitrogen functional groups attached to an aromatic ring is 1. The molecule has 8 nitrogen and oxygen atoms in total. The highest BCUT2D eigenvalue weighted by molar-refractivity contribution is 9.10. The monoisotopic (exact) mass is 408 g/mol. The van der Waals surface area contributed by atoms with E-state index in [-0.39, 0.29) is 5.92 Å². The fourth-order valence-corrected chi connectivity index (χ4v) is 5.42.